The lowest BCUT2D eigenvalue weighted by atomic mass is 10.3. The van der Waals surface area contributed by atoms with Crippen molar-refractivity contribution in [3.05, 3.63) is 30.1 Å². The first-order valence-corrected chi connectivity index (χ1v) is 4.60. The summed E-state index contributed by atoms with van der Waals surface area (Å²) in [6, 6.07) is 5.73. The fourth-order valence-corrected chi connectivity index (χ4v) is 1.13. The van der Waals surface area contributed by atoms with Crippen LogP contribution in [-0.2, 0) is 11.3 Å². The Morgan fingerprint density at radius 2 is 2.43 bits per heavy atom. The van der Waals surface area contributed by atoms with Crippen LogP contribution in [0, 0.1) is 0 Å². The van der Waals surface area contributed by atoms with Gasteiger partial charge < -0.3 is 15.2 Å². The summed E-state index contributed by atoms with van der Waals surface area (Å²) >= 11 is 0. The average molecular weight is 196 g/mol. The van der Waals surface area contributed by atoms with Gasteiger partial charge in [-0.05, 0) is 12.1 Å². The van der Waals surface area contributed by atoms with Crippen molar-refractivity contribution in [2.45, 2.75) is 12.6 Å². The van der Waals surface area contributed by atoms with Crippen LogP contribution >= 0.6 is 0 Å². The third kappa shape index (κ3) is 3.83. The molecule has 0 saturated carbocycles. The minimum Gasteiger partial charge on any atom is -0.395 e. The molecule has 0 spiro atoms. The second-order valence-electron chi connectivity index (χ2n) is 3.04. The van der Waals surface area contributed by atoms with Crippen LogP contribution in [0.2, 0.25) is 0 Å². The first kappa shape index (κ1) is 11.1. The first-order chi connectivity index (χ1) is 6.86. The number of aliphatic hydroxyl groups is 1. The van der Waals surface area contributed by atoms with Crippen LogP contribution in [0.4, 0.5) is 0 Å². The predicted molar refractivity (Wildman–Crippen MR) is 53.8 cm³/mol. The monoisotopic (exact) mass is 196 g/mol. The summed E-state index contributed by atoms with van der Waals surface area (Å²) in [7, 11) is 1.62. The van der Waals surface area contributed by atoms with Crippen molar-refractivity contribution in [2.24, 2.45) is 0 Å². The fraction of sp³-hybridized carbons (Fsp3) is 0.500. The molecule has 78 valence electrons. The lowest BCUT2D eigenvalue weighted by molar-refractivity contribution is 0.128. The molecule has 0 radical (unpaired) electrons. The molecule has 0 amide bonds. The molecule has 0 aliphatic heterocycles. The Labute approximate surface area is 83.9 Å². The standard InChI is InChI=1S/C10H16N2O2/c1-14-8-10(7-13)12-6-9-4-2-3-5-11-9/h2-5,10,12-13H,6-8H2,1H3. The SMILES string of the molecule is COCC(CO)NCc1ccccn1. The van der Waals surface area contributed by atoms with Gasteiger partial charge in [-0.3, -0.25) is 4.98 Å². The van der Waals surface area contributed by atoms with E-state index in [2.05, 4.69) is 10.3 Å². The molecular formula is C10H16N2O2. The van der Waals surface area contributed by atoms with Crippen molar-refractivity contribution >= 4 is 0 Å². The van der Waals surface area contributed by atoms with E-state index in [1.165, 1.54) is 0 Å². The van der Waals surface area contributed by atoms with Crippen LogP contribution in [-0.4, -0.2) is 36.5 Å². The Bertz CT molecular complexity index is 241. The van der Waals surface area contributed by atoms with Crippen molar-refractivity contribution in [2.75, 3.05) is 20.3 Å². The van der Waals surface area contributed by atoms with Crippen molar-refractivity contribution in [3.63, 3.8) is 0 Å². The first-order valence-electron chi connectivity index (χ1n) is 4.60. The average Bonchev–Trinajstić information content (AvgIpc) is 2.25. The number of aromatic nitrogens is 1. The molecule has 0 aromatic carbocycles. The van der Waals surface area contributed by atoms with Gasteiger partial charge in [0.05, 0.1) is 24.9 Å². The van der Waals surface area contributed by atoms with Crippen molar-refractivity contribution in [1.82, 2.24) is 10.3 Å². The fourth-order valence-electron chi connectivity index (χ4n) is 1.13. The van der Waals surface area contributed by atoms with Crippen LogP contribution in [0.15, 0.2) is 24.4 Å². The van der Waals surface area contributed by atoms with Crippen LogP contribution in [0.3, 0.4) is 0 Å². The van der Waals surface area contributed by atoms with Gasteiger partial charge in [-0.15, -0.1) is 0 Å². The summed E-state index contributed by atoms with van der Waals surface area (Å²) in [6.45, 7) is 1.22. The van der Waals surface area contributed by atoms with E-state index in [1.807, 2.05) is 18.2 Å². The predicted octanol–water partition coefficient (Wildman–Crippen LogP) is 0.178. The highest BCUT2D eigenvalue weighted by Gasteiger charge is 2.05. The van der Waals surface area contributed by atoms with Gasteiger partial charge in [0.1, 0.15) is 0 Å². The highest BCUT2D eigenvalue weighted by Crippen LogP contribution is 1.93. The maximum absolute atomic E-state index is 8.97. The third-order valence-electron chi connectivity index (χ3n) is 1.89. The molecule has 2 N–H and O–H groups in total. The number of pyridine rings is 1. The van der Waals surface area contributed by atoms with Crippen molar-refractivity contribution < 1.29 is 9.84 Å². The molecule has 0 aliphatic rings. The van der Waals surface area contributed by atoms with Crippen LogP contribution < -0.4 is 5.32 Å². The van der Waals surface area contributed by atoms with E-state index in [1.54, 1.807) is 13.3 Å². The lowest BCUT2D eigenvalue weighted by Gasteiger charge is -2.14. The zero-order valence-electron chi connectivity index (χ0n) is 8.31. The summed E-state index contributed by atoms with van der Waals surface area (Å²) < 4.78 is 4.94. The summed E-state index contributed by atoms with van der Waals surface area (Å²) in [5, 5.41) is 12.1. The second kappa shape index (κ2) is 6.48. The number of aliphatic hydroxyl groups excluding tert-OH is 1. The zero-order chi connectivity index (χ0) is 10.2. The molecule has 14 heavy (non-hydrogen) atoms. The topological polar surface area (TPSA) is 54.4 Å². The molecule has 1 unspecified atom stereocenters. The largest absolute Gasteiger partial charge is 0.395 e. The smallest absolute Gasteiger partial charge is 0.0638 e. The summed E-state index contributed by atoms with van der Waals surface area (Å²) in [5.74, 6) is 0. The number of methoxy groups -OCH3 is 1. The zero-order valence-corrected chi connectivity index (χ0v) is 8.31. The quantitative estimate of drug-likeness (QED) is 0.681. The van der Waals surface area contributed by atoms with Gasteiger partial charge in [-0.2, -0.15) is 0 Å². The van der Waals surface area contributed by atoms with Gasteiger partial charge >= 0.3 is 0 Å². The highest BCUT2D eigenvalue weighted by atomic mass is 16.5. The number of nitrogens with one attached hydrogen (secondary N) is 1. The van der Waals surface area contributed by atoms with Crippen molar-refractivity contribution in [3.8, 4) is 0 Å². The molecule has 0 fully saturated rings. The number of hydrogen-bond acceptors (Lipinski definition) is 4. The van der Waals surface area contributed by atoms with Gasteiger partial charge in [-0.1, -0.05) is 6.07 Å². The Hall–Kier alpha value is -0.970. The van der Waals surface area contributed by atoms with Gasteiger partial charge in [0.25, 0.3) is 0 Å². The molecule has 1 rings (SSSR count). The van der Waals surface area contributed by atoms with Gasteiger partial charge in [-0.25, -0.2) is 0 Å². The van der Waals surface area contributed by atoms with E-state index in [0.717, 1.165) is 5.69 Å². The van der Waals surface area contributed by atoms with E-state index >= 15 is 0 Å². The van der Waals surface area contributed by atoms with E-state index in [9.17, 15) is 0 Å². The molecule has 1 heterocycles. The van der Waals surface area contributed by atoms with E-state index in [4.69, 9.17) is 9.84 Å². The Balaban J connectivity index is 2.32. The van der Waals surface area contributed by atoms with Crippen LogP contribution in [0.25, 0.3) is 0 Å². The molecule has 1 aromatic rings. The van der Waals surface area contributed by atoms with Gasteiger partial charge in [0.15, 0.2) is 0 Å². The molecule has 4 nitrogen and oxygen atoms in total. The maximum atomic E-state index is 8.97. The number of nitrogens with zero attached hydrogens (tertiary/aromatic N) is 1. The normalized spacial score (nSPS) is 12.7. The van der Waals surface area contributed by atoms with E-state index in [0.29, 0.717) is 13.2 Å². The van der Waals surface area contributed by atoms with Crippen molar-refractivity contribution in [1.29, 1.82) is 0 Å². The number of hydrogen-bond donors (Lipinski definition) is 2. The van der Waals surface area contributed by atoms with Crippen LogP contribution in [0.5, 0.6) is 0 Å². The van der Waals surface area contributed by atoms with E-state index < -0.39 is 0 Å². The van der Waals surface area contributed by atoms with Gasteiger partial charge in [0, 0.05) is 19.9 Å². The molecule has 1 atom stereocenters. The Kier molecular flexibility index (Phi) is 5.14. The molecular weight excluding hydrogens is 180 g/mol. The lowest BCUT2D eigenvalue weighted by Crippen LogP contribution is -2.36. The molecule has 0 saturated heterocycles. The second-order valence-corrected chi connectivity index (χ2v) is 3.04. The minimum absolute atomic E-state index is 0.0259. The van der Waals surface area contributed by atoms with E-state index in [-0.39, 0.29) is 12.6 Å². The molecule has 4 heteroatoms. The Morgan fingerprint density at radius 3 is 3.00 bits per heavy atom. The number of rotatable bonds is 6. The molecule has 1 aromatic heterocycles. The van der Waals surface area contributed by atoms with Gasteiger partial charge in [0.2, 0.25) is 0 Å². The summed E-state index contributed by atoms with van der Waals surface area (Å²) in [6.07, 6.45) is 1.75. The van der Waals surface area contributed by atoms with Crippen LogP contribution in [0.1, 0.15) is 5.69 Å². The third-order valence-corrected chi connectivity index (χ3v) is 1.89. The highest BCUT2D eigenvalue weighted by molar-refractivity contribution is 5.03. The Morgan fingerprint density at radius 1 is 1.57 bits per heavy atom. The molecule has 0 aliphatic carbocycles. The summed E-state index contributed by atoms with van der Waals surface area (Å²) in [5.41, 5.74) is 0.960. The summed E-state index contributed by atoms with van der Waals surface area (Å²) in [4.78, 5) is 4.16. The minimum atomic E-state index is -0.0259. The maximum Gasteiger partial charge on any atom is 0.0638 e. The number of ether oxygens (including phenoxy) is 1. The molecule has 0 bridgehead atoms.